The van der Waals surface area contributed by atoms with Crippen molar-refractivity contribution in [1.29, 1.82) is 0 Å². The van der Waals surface area contributed by atoms with Gasteiger partial charge in [-0.1, -0.05) is 189 Å². The summed E-state index contributed by atoms with van der Waals surface area (Å²) in [7, 11) is 1.41. The van der Waals surface area contributed by atoms with Crippen molar-refractivity contribution in [3.63, 3.8) is 0 Å². The summed E-state index contributed by atoms with van der Waals surface area (Å²) in [4.78, 5) is 61.4. The summed E-state index contributed by atoms with van der Waals surface area (Å²) in [5.41, 5.74) is 6.33. The first-order valence-electron chi connectivity index (χ1n) is 24.5. The monoisotopic (exact) mass is 981 g/mol. The van der Waals surface area contributed by atoms with Gasteiger partial charge in [-0.2, -0.15) is 0 Å². The van der Waals surface area contributed by atoms with Crippen LogP contribution in [0.5, 0.6) is 0 Å². The molecule has 4 heterocycles. The van der Waals surface area contributed by atoms with Crippen molar-refractivity contribution in [1.82, 2.24) is 19.6 Å². The number of carbonyl (C=O) groups is 4. The minimum atomic E-state index is -0.922. The van der Waals surface area contributed by atoms with E-state index in [1.807, 2.05) is 133 Å². The predicted molar refractivity (Wildman–Crippen MR) is 280 cm³/mol. The van der Waals surface area contributed by atoms with Gasteiger partial charge in [0, 0.05) is 38.3 Å². The van der Waals surface area contributed by atoms with Crippen LogP contribution < -0.4 is 18.9 Å². The van der Waals surface area contributed by atoms with Gasteiger partial charge in [0.05, 0.1) is 18.9 Å². The van der Waals surface area contributed by atoms with E-state index in [2.05, 4.69) is 58.3 Å². The van der Waals surface area contributed by atoms with E-state index in [1.54, 1.807) is 9.80 Å². The van der Waals surface area contributed by atoms with Gasteiger partial charge in [-0.3, -0.25) is 19.4 Å². The van der Waals surface area contributed by atoms with Crippen molar-refractivity contribution in [2.75, 3.05) is 46.4 Å². The Bertz CT molecular complexity index is 2560. The molecule has 4 fully saturated rings. The van der Waals surface area contributed by atoms with Crippen molar-refractivity contribution in [3.05, 3.63) is 215 Å². The van der Waals surface area contributed by atoms with Gasteiger partial charge in [0.15, 0.2) is 0 Å². The van der Waals surface area contributed by atoms with Crippen molar-refractivity contribution < 1.29 is 58.8 Å². The van der Waals surface area contributed by atoms with Gasteiger partial charge in [0.25, 0.3) is 0 Å². The molecule has 0 spiro atoms. The molecule has 13 heteroatoms. The fraction of sp³-hybridized carbons (Fsp3) is 0.333. The molecule has 2 amide bonds. The third-order valence-electron chi connectivity index (χ3n) is 14.9. The second-order valence-corrected chi connectivity index (χ2v) is 18.9. The third kappa shape index (κ3) is 13.3. The van der Waals surface area contributed by atoms with Crippen LogP contribution in [0, 0.1) is 0 Å². The molecule has 0 aromatic heterocycles. The summed E-state index contributed by atoms with van der Waals surface area (Å²) in [5, 5.41) is 10.0. The molecule has 0 unspecified atom stereocenters. The molecule has 4 aliphatic heterocycles. The molecule has 6 atom stereocenters. The van der Waals surface area contributed by atoms with Crippen LogP contribution in [0.25, 0.3) is 0 Å². The van der Waals surface area contributed by atoms with Crippen molar-refractivity contribution in [3.8, 4) is 0 Å². The zero-order valence-corrected chi connectivity index (χ0v) is 41.2. The second kappa shape index (κ2) is 27.1. The zero-order chi connectivity index (χ0) is 47.7. The summed E-state index contributed by atoms with van der Waals surface area (Å²) in [6.07, 6.45) is 3.23. The Morgan fingerprint density at radius 3 is 1.11 bits per heavy atom. The minimum absolute atomic E-state index is 0. The fourth-order valence-corrected chi connectivity index (χ4v) is 11.3. The van der Waals surface area contributed by atoms with E-state index in [9.17, 15) is 24.3 Å². The van der Waals surface area contributed by atoms with Crippen molar-refractivity contribution >= 4 is 23.8 Å². The van der Waals surface area contributed by atoms with E-state index in [-0.39, 0.29) is 67.1 Å². The predicted octanol–water partition coefficient (Wildman–Crippen LogP) is 5.45. The number of aliphatic carboxylic acids is 1. The van der Waals surface area contributed by atoms with Crippen LogP contribution in [-0.4, -0.2) is 130 Å². The van der Waals surface area contributed by atoms with E-state index in [4.69, 9.17) is 4.74 Å². The average Bonchev–Trinajstić information content (AvgIpc) is 4.25. The Kier molecular flexibility index (Phi) is 21.3. The molecule has 4 N–H and O–H groups in total. The topological polar surface area (TPSA) is 172 Å². The Morgan fingerprint density at radius 1 is 0.493 bits per heavy atom. The van der Waals surface area contributed by atoms with Gasteiger partial charge in [0.1, 0.15) is 12.1 Å². The van der Waals surface area contributed by atoms with E-state index >= 15 is 0 Å². The fourth-order valence-electron chi connectivity index (χ4n) is 11.3. The van der Waals surface area contributed by atoms with Crippen LogP contribution in [-0.2, 0) is 23.9 Å². The number of nitrogens with zero attached hydrogens (tertiary/aromatic N) is 4. The van der Waals surface area contributed by atoms with Crippen LogP contribution in [0.15, 0.2) is 182 Å². The first-order valence-corrected chi connectivity index (χ1v) is 24.5. The standard InChI is InChI=1S/C30H32N2O3.C29H30N2O3.CH4.Li.2H2O/c1-35-30(34)27-19-26(31-18-17-25(20-31)22-11-5-2-6-12-22)21-32(27)29(33)28(23-13-7-3-8-14-23)24-15-9-4-10-16-24;32-28(27(22-12-6-2-7-13-22)23-14-8-3-9-15-23)31-20-25(18-26(31)29(33)34)30-17-16-24(19-30)21-10-4-1-5-11-21;;;;/h2-16,25-28H,17-21H2,1H3;1-15,24-27H,16-20H2,(H,33,34);1H4;;2*1H2/q;;;+1;;/p-1/t25-,26+,27+;24-,25+,26+;;;;/m11..../s1. The van der Waals surface area contributed by atoms with Crippen LogP contribution >= 0.6 is 0 Å². The molecule has 4 saturated heterocycles. The summed E-state index contributed by atoms with van der Waals surface area (Å²) in [6, 6.07) is 59.0. The maximum absolute atomic E-state index is 14.1. The smallest absolute Gasteiger partial charge is 0.870 e. The first kappa shape index (κ1) is 57.5. The number of rotatable bonds is 12. The minimum Gasteiger partial charge on any atom is -0.870 e. The second-order valence-electron chi connectivity index (χ2n) is 18.9. The average molecular weight is 981 g/mol. The molecule has 6 aromatic rings. The van der Waals surface area contributed by atoms with E-state index < -0.39 is 29.9 Å². The van der Waals surface area contributed by atoms with Crippen molar-refractivity contribution in [2.24, 2.45) is 0 Å². The largest absolute Gasteiger partial charge is 1.00 e. The molecular weight excluding hydrogens is 912 g/mol. The number of carboxylic acid groups (broad SMARTS) is 1. The quantitative estimate of drug-likeness (QED) is 0.124. The van der Waals surface area contributed by atoms with Crippen LogP contribution in [0.3, 0.4) is 0 Å². The molecular formula is C60H69LiN4O8. The van der Waals surface area contributed by atoms with E-state index in [0.29, 0.717) is 37.8 Å². The molecule has 6 aromatic carbocycles. The van der Waals surface area contributed by atoms with Crippen molar-refractivity contribution in [2.45, 2.75) is 80.9 Å². The molecule has 0 saturated carbocycles. The van der Waals surface area contributed by atoms with Gasteiger partial charge in [-0.25, -0.2) is 9.59 Å². The Morgan fingerprint density at radius 2 is 0.795 bits per heavy atom. The molecule has 73 heavy (non-hydrogen) atoms. The summed E-state index contributed by atoms with van der Waals surface area (Å²) in [6.45, 7) is 4.75. The van der Waals surface area contributed by atoms with E-state index in [1.165, 1.54) is 18.2 Å². The molecule has 0 radical (unpaired) electrons. The number of likely N-dealkylation sites (tertiary alicyclic amines) is 4. The Hall–Kier alpha value is -6.36. The SMILES string of the molecule is C.COC(=O)[C@@H]1C[C@H](N2CC[C@@H](c3ccccc3)C2)CN1C(=O)C(c1ccccc1)c1ccccc1.O.O=C(O)[C@@H]1C[C@H](N2CC[C@@H](c3ccccc3)C2)CN1C(=O)C(c1ccccc1)c1ccccc1.[Li+].[OH-]. The molecule has 378 valence electrons. The summed E-state index contributed by atoms with van der Waals surface area (Å²) in [5.74, 6) is -1.47. The Labute approximate surface area is 442 Å². The van der Waals surface area contributed by atoms with E-state index in [0.717, 1.165) is 61.3 Å². The number of ether oxygens (including phenoxy) is 1. The number of hydrogen-bond donors (Lipinski definition) is 1. The number of amides is 2. The molecule has 0 bridgehead atoms. The number of esters is 1. The van der Waals surface area contributed by atoms with Gasteiger partial charge >= 0.3 is 30.8 Å². The first-order chi connectivity index (χ1) is 33.8. The third-order valence-corrected chi connectivity index (χ3v) is 14.9. The normalized spacial score (nSPS) is 21.4. The molecule has 0 aliphatic carbocycles. The molecule has 4 aliphatic rings. The number of carboxylic acids is 1. The van der Waals surface area contributed by atoms with Crippen LogP contribution in [0.1, 0.15) is 90.2 Å². The summed E-state index contributed by atoms with van der Waals surface area (Å²) >= 11 is 0. The summed E-state index contributed by atoms with van der Waals surface area (Å²) < 4.78 is 5.16. The maximum atomic E-state index is 14.1. The molecule has 10 rings (SSSR count). The number of benzene rings is 6. The van der Waals surface area contributed by atoms with Crippen LogP contribution in [0.2, 0.25) is 0 Å². The zero-order valence-electron chi connectivity index (χ0n) is 41.2. The maximum Gasteiger partial charge on any atom is 1.00 e. The van der Waals surface area contributed by atoms with Gasteiger partial charge in [-0.15, -0.1) is 0 Å². The number of carbonyl (C=O) groups excluding carboxylic acids is 3. The van der Waals surface area contributed by atoms with Gasteiger partial charge in [0.2, 0.25) is 11.8 Å². The van der Waals surface area contributed by atoms with Crippen LogP contribution in [0.4, 0.5) is 0 Å². The van der Waals surface area contributed by atoms with Gasteiger partial charge < -0.3 is 30.6 Å². The van der Waals surface area contributed by atoms with Gasteiger partial charge in [-0.05, 0) is 84.0 Å². The number of methoxy groups -OCH3 is 1. The Balaban J connectivity index is 0.000000257. The number of hydrogen-bond acceptors (Lipinski definition) is 8. The molecule has 12 nitrogen and oxygen atoms in total.